The molecule has 172 valence electrons. The van der Waals surface area contributed by atoms with E-state index in [1.165, 1.54) is 0 Å². The predicted octanol–water partition coefficient (Wildman–Crippen LogP) is 2.17. The van der Waals surface area contributed by atoms with Crippen molar-refractivity contribution in [1.82, 2.24) is 0 Å². The number of hydrogen-bond donors (Lipinski definition) is 1. The van der Waals surface area contributed by atoms with Gasteiger partial charge in [-0.1, -0.05) is 0 Å². The van der Waals surface area contributed by atoms with E-state index in [4.69, 9.17) is 18.8 Å². The lowest BCUT2D eigenvalue weighted by atomic mass is 9.53. The summed E-state index contributed by atoms with van der Waals surface area (Å²) in [5.41, 5.74) is -1.25. The monoisotopic (exact) mass is 498 g/mol. The van der Waals surface area contributed by atoms with Crippen molar-refractivity contribution in [2.75, 3.05) is 0 Å². The molecule has 7 rings (SSSR count). The van der Waals surface area contributed by atoms with Crippen molar-refractivity contribution in [3.63, 3.8) is 0 Å². The summed E-state index contributed by atoms with van der Waals surface area (Å²) in [7, 11) is -5.90. The predicted molar refractivity (Wildman–Crippen MR) is 104 cm³/mol. The number of halogens is 2. The van der Waals surface area contributed by atoms with Gasteiger partial charge in [0.05, 0.1) is 15.7 Å². The Bertz CT molecular complexity index is 955. The molecule has 31 heavy (non-hydrogen) atoms. The standard InChI is InChI=1S/C18H20F2O8S3/c19-18(20,31(23,24)25)15(22)28-16-4-7-1-8(5-16)17(9(2-7)6-16)29-13-12-10(3-11(21)27-12)26-14(13)30-17/h7-10,12-14H,1-6H2,(H,23,24,25). The maximum atomic E-state index is 13.8. The second-order valence-electron chi connectivity index (χ2n) is 9.53. The lowest BCUT2D eigenvalue weighted by Crippen LogP contribution is -2.62. The molecule has 6 atom stereocenters. The van der Waals surface area contributed by atoms with Crippen molar-refractivity contribution in [1.29, 1.82) is 0 Å². The van der Waals surface area contributed by atoms with Crippen LogP contribution in [0.15, 0.2) is 0 Å². The van der Waals surface area contributed by atoms with E-state index in [0.717, 1.165) is 12.8 Å². The van der Waals surface area contributed by atoms with E-state index in [-0.39, 0.29) is 57.1 Å². The molecule has 0 aromatic carbocycles. The van der Waals surface area contributed by atoms with Crippen LogP contribution in [0, 0.1) is 17.8 Å². The molecule has 0 amide bonds. The molecular weight excluding hydrogens is 478 g/mol. The fourth-order valence-electron chi connectivity index (χ4n) is 6.73. The first-order valence-electron chi connectivity index (χ1n) is 10.2. The number of alkyl halides is 2. The topological polar surface area (TPSA) is 116 Å². The van der Waals surface area contributed by atoms with Gasteiger partial charge in [0, 0.05) is 0 Å². The van der Waals surface area contributed by atoms with Crippen LogP contribution in [-0.2, 0) is 33.9 Å². The van der Waals surface area contributed by atoms with Gasteiger partial charge in [-0.2, -0.15) is 17.2 Å². The van der Waals surface area contributed by atoms with Gasteiger partial charge < -0.3 is 14.2 Å². The Morgan fingerprint density at radius 1 is 1.19 bits per heavy atom. The molecule has 7 fully saturated rings. The lowest BCUT2D eigenvalue weighted by molar-refractivity contribution is -0.202. The number of ether oxygens (including phenoxy) is 3. The van der Waals surface area contributed by atoms with Crippen molar-refractivity contribution in [3.8, 4) is 0 Å². The van der Waals surface area contributed by atoms with Crippen LogP contribution in [0.25, 0.3) is 0 Å². The maximum Gasteiger partial charge on any atom is 0.465 e. The van der Waals surface area contributed by atoms with E-state index in [1.54, 1.807) is 23.5 Å². The van der Waals surface area contributed by atoms with Crippen LogP contribution in [0.4, 0.5) is 8.78 Å². The fraction of sp³-hybridized carbons (Fsp3) is 0.889. The molecule has 8 nitrogen and oxygen atoms in total. The number of carbonyl (C=O) groups excluding carboxylic acids is 2. The van der Waals surface area contributed by atoms with E-state index >= 15 is 0 Å². The van der Waals surface area contributed by atoms with E-state index < -0.39 is 26.9 Å². The zero-order chi connectivity index (χ0) is 22.0. The summed E-state index contributed by atoms with van der Waals surface area (Å²) >= 11 is 3.49. The van der Waals surface area contributed by atoms with Gasteiger partial charge in [-0.05, 0) is 49.9 Å². The van der Waals surface area contributed by atoms with Gasteiger partial charge in [-0.25, -0.2) is 4.79 Å². The third kappa shape index (κ3) is 2.82. The first-order valence-corrected chi connectivity index (χ1v) is 13.4. The molecule has 0 aromatic heterocycles. The van der Waals surface area contributed by atoms with E-state index in [2.05, 4.69) is 0 Å². The Hall–Kier alpha value is -0.630. The highest BCUT2D eigenvalue weighted by Crippen LogP contribution is 2.74. The Morgan fingerprint density at radius 2 is 1.87 bits per heavy atom. The Balaban J connectivity index is 1.24. The molecule has 6 unspecified atom stereocenters. The SMILES string of the molecule is O=C1CC2OC3SC4(SC3C2O1)C1CC2CC4CC(OC(=O)C(F)(F)S(=O)(=O)O)(C2)C1. The van der Waals surface area contributed by atoms with Crippen molar-refractivity contribution in [2.45, 2.75) is 76.4 Å². The van der Waals surface area contributed by atoms with Gasteiger partial charge in [-0.3, -0.25) is 9.35 Å². The normalized spacial score (nSPS) is 49.9. The average Bonchev–Trinajstić information content (AvgIpc) is 3.26. The number of hydrogen-bond acceptors (Lipinski definition) is 9. The van der Waals surface area contributed by atoms with Crippen LogP contribution in [0.2, 0.25) is 0 Å². The summed E-state index contributed by atoms with van der Waals surface area (Å²) in [6.07, 6.45) is 2.67. The van der Waals surface area contributed by atoms with Gasteiger partial charge in [0.25, 0.3) is 0 Å². The second kappa shape index (κ2) is 6.28. The van der Waals surface area contributed by atoms with Crippen molar-refractivity contribution >= 4 is 45.6 Å². The third-order valence-corrected chi connectivity index (χ3v) is 12.7. The summed E-state index contributed by atoms with van der Waals surface area (Å²) in [6.45, 7) is 0. The Labute approximate surface area is 185 Å². The zero-order valence-electron chi connectivity index (χ0n) is 16.1. The van der Waals surface area contributed by atoms with Gasteiger partial charge >= 0.3 is 27.3 Å². The Morgan fingerprint density at radius 3 is 2.52 bits per heavy atom. The van der Waals surface area contributed by atoms with Crippen molar-refractivity contribution in [2.24, 2.45) is 17.8 Å². The highest BCUT2D eigenvalue weighted by Gasteiger charge is 2.71. The quantitative estimate of drug-likeness (QED) is 0.458. The molecule has 1 N–H and O–H groups in total. The molecule has 4 saturated carbocycles. The van der Waals surface area contributed by atoms with Gasteiger partial charge in [-0.15, -0.1) is 23.5 Å². The first kappa shape index (κ1) is 20.9. The van der Waals surface area contributed by atoms with Crippen LogP contribution < -0.4 is 0 Å². The lowest BCUT2D eigenvalue weighted by Gasteiger charge is -2.63. The molecule has 3 heterocycles. The highest BCUT2D eigenvalue weighted by atomic mass is 32.2. The maximum absolute atomic E-state index is 13.8. The highest BCUT2D eigenvalue weighted by molar-refractivity contribution is 8.22. The Kier molecular flexibility index (Phi) is 4.24. The summed E-state index contributed by atoms with van der Waals surface area (Å²) in [6, 6.07) is 0. The average molecular weight is 499 g/mol. The molecule has 4 bridgehead atoms. The van der Waals surface area contributed by atoms with Crippen LogP contribution in [0.5, 0.6) is 0 Å². The van der Waals surface area contributed by atoms with E-state index in [9.17, 15) is 26.8 Å². The minimum atomic E-state index is -5.90. The molecule has 13 heteroatoms. The number of thioether (sulfide) groups is 2. The number of esters is 2. The third-order valence-electron chi connectivity index (χ3n) is 7.67. The second-order valence-corrected chi connectivity index (χ2v) is 14.1. The van der Waals surface area contributed by atoms with E-state index in [1.807, 2.05) is 0 Å². The summed E-state index contributed by atoms with van der Waals surface area (Å²) in [4.78, 5) is 23.7. The smallest absolute Gasteiger partial charge is 0.458 e. The fourth-order valence-corrected chi connectivity index (χ4v) is 11.5. The molecule has 0 radical (unpaired) electrons. The summed E-state index contributed by atoms with van der Waals surface area (Å²) < 4.78 is 74.9. The van der Waals surface area contributed by atoms with Crippen molar-refractivity contribution < 1.29 is 45.6 Å². The molecule has 7 aliphatic rings. The minimum absolute atomic E-state index is 0.0151. The minimum Gasteiger partial charge on any atom is -0.458 e. The number of rotatable bonds is 3. The molecular formula is C18H20F2O8S3. The number of carbonyl (C=O) groups is 2. The molecule has 1 spiro atoms. The van der Waals surface area contributed by atoms with Crippen LogP contribution >= 0.6 is 23.5 Å². The molecule has 3 aliphatic heterocycles. The van der Waals surface area contributed by atoms with E-state index in [0.29, 0.717) is 19.3 Å². The summed E-state index contributed by atoms with van der Waals surface area (Å²) in [5.74, 6) is -2.11. The van der Waals surface area contributed by atoms with Gasteiger partial charge in [0.1, 0.15) is 23.2 Å². The molecule has 4 aliphatic carbocycles. The number of fused-ring (bicyclic) bond motifs is 3. The van der Waals surface area contributed by atoms with Crippen LogP contribution in [0.3, 0.4) is 0 Å². The molecule has 3 saturated heterocycles. The van der Waals surface area contributed by atoms with Crippen LogP contribution in [0.1, 0.15) is 38.5 Å². The van der Waals surface area contributed by atoms with Gasteiger partial charge in [0.15, 0.2) is 0 Å². The largest absolute Gasteiger partial charge is 0.465 e. The van der Waals surface area contributed by atoms with Gasteiger partial charge in [0.2, 0.25) is 0 Å². The van der Waals surface area contributed by atoms with Crippen LogP contribution in [-0.4, -0.2) is 62.7 Å². The summed E-state index contributed by atoms with van der Waals surface area (Å²) in [5, 5.41) is -4.97. The zero-order valence-corrected chi connectivity index (χ0v) is 18.5. The van der Waals surface area contributed by atoms with Crippen molar-refractivity contribution in [3.05, 3.63) is 0 Å². The first-order chi connectivity index (χ1) is 14.4. The molecule has 0 aromatic rings.